The van der Waals surface area contributed by atoms with Crippen LogP contribution in [0.4, 0.5) is 4.79 Å². The quantitative estimate of drug-likeness (QED) is 0.852. The summed E-state index contributed by atoms with van der Waals surface area (Å²) >= 11 is 0. The lowest BCUT2D eigenvalue weighted by Gasteiger charge is -2.26. The molecule has 0 radical (unpaired) electrons. The summed E-state index contributed by atoms with van der Waals surface area (Å²) < 4.78 is 0. The molecule has 3 amide bonds. The van der Waals surface area contributed by atoms with Crippen LogP contribution in [0.2, 0.25) is 0 Å². The van der Waals surface area contributed by atoms with E-state index in [4.69, 9.17) is 0 Å². The van der Waals surface area contributed by atoms with Crippen LogP contribution < -0.4 is 5.32 Å². The molecule has 0 aromatic heterocycles. The van der Waals surface area contributed by atoms with Crippen LogP contribution in [-0.2, 0) is 4.79 Å². The van der Waals surface area contributed by atoms with E-state index in [1.165, 1.54) is 12.8 Å². The Balaban J connectivity index is 1.81. The summed E-state index contributed by atoms with van der Waals surface area (Å²) in [6.07, 6.45) is 6.10. The minimum atomic E-state index is 0.0168. The van der Waals surface area contributed by atoms with Crippen molar-refractivity contribution in [1.29, 1.82) is 0 Å². The lowest BCUT2D eigenvalue weighted by atomic mass is 9.91. The molecule has 2 fully saturated rings. The van der Waals surface area contributed by atoms with Crippen LogP contribution in [-0.4, -0.2) is 54.0 Å². The molecule has 1 heterocycles. The molecule has 0 spiro atoms. The van der Waals surface area contributed by atoms with E-state index in [1.54, 1.807) is 0 Å². The number of nitrogens with one attached hydrogen (secondary N) is 1. The molecule has 0 unspecified atom stereocenters. The summed E-state index contributed by atoms with van der Waals surface area (Å²) in [4.78, 5) is 28.5. The summed E-state index contributed by atoms with van der Waals surface area (Å²) in [7, 11) is 0. The second kappa shape index (κ2) is 7.34. The lowest BCUT2D eigenvalue weighted by Crippen LogP contribution is -2.45. The molecule has 22 heavy (non-hydrogen) atoms. The van der Waals surface area contributed by atoms with Crippen molar-refractivity contribution in [1.82, 2.24) is 15.1 Å². The zero-order valence-electron chi connectivity index (χ0n) is 14.4. The number of carbonyl (C=O) groups excluding carboxylic acids is 2. The van der Waals surface area contributed by atoms with Crippen molar-refractivity contribution in [3.05, 3.63) is 0 Å². The normalized spacial score (nSPS) is 20.9. The minimum Gasteiger partial charge on any atom is -0.341 e. The van der Waals surface area contributed by atoms with E-state index in [0.29, 0.717) is 25.6 Å². The van der Waals surface area contributed by atoms with Crippen molar-refractivity contribution < 1.29 is 9.59 Å². The summed E-state index contributed by atoms with van der Waals surface area (Å²) in [6, 6.07) is 0.409. The van der Waals surface area contributed by atoms with Crippen molar-refractivity contribution >= 4 is 11.9 Å². The second-order valence-electron chi connectivity index (χ2n) is 7.89. The smallest absolute Gasteiger partial charge is 0.317 e. The Bertz CT molecular complexity index is 397. The van der Waals surface area contributed by atoms with Gasteiger partial charge in [0.1, 0.15) is 0 Å². The predicted molar refractivity (Wildman–Crippen MR) is 87.6 cm³/mol. The van der Waals surface area contributed by atoms with Crippen LogP contribution in [0, 0.1) is 5.41 Å². The Morgan fingerprint density at radius 2 is 1.55 bits per heavy atom. The SMILES string of the molecule is CC(C)(C)CC(=O)N1CCCN(C(=O)NC2CCCC2)CC1. The van der Waals surface area contributed by atoms with Crippen LogP contribution in [0.1, 0.15) is 59.3 Å². The highest BCUT2D eigenvalue weighted by Crippen LogP contribution is 2.21. The van der Waals surface area contributed by atoms with Crippen molar-refractivity contribution in [3.63, 3.8) is 0 Å². The Morgan fingerprint density at radius 3 is 2.18 bits per heavy atom. The predicted octanol–water partition coefficient (Wildman–Crippen LogP) is 2.61. The summed E-state index contributed by atoms with van der Waals surface area (Å²) in [6.45, 7) is 9.08. The van der Waals surface area contributed by atoms with Crippen molar-refractivity contribution in [2.75, 3.05) is 26.2 Å². The lowest BCUT2D eigenvalue weighted by molar-refractivity contribution is -0.132. The maximum atomic E-state index is 12.3. The average Bonchev–Trinajstić information content (AvgIpc) is 2.78. The maximum Gasteiger partial charge on any atom is 0.317 e. The van der Waals surface area contributed by atoms with Crippen LogP contribution in [0.25, 0.3) is 0 Å². The molecule has 1 aliphatic heterocycles. The fourth-order valence-corrected chi connectivity index (χ4v) is 3.27. The first-order valence-corrected chi connectivity index (χ1v) is 8.68. The summed E-state index contributed by atoms with van der Waals surface area (Å²) in [5.74, 6) is 0.213. The van der Waals surface area contributed by atoms with Gasteiger partial charge in [0.25, 0.3) is 0 Å². The molecule has 5 nitrogen and oxygen atoms in total. The van der Waals surface area contributed by atoms with Gasteiger partial charge in [-0.1, -0.05) is 33.6 Å². The van der Waals surface area contributed by atoms with Gasteiger partial charge in [0, 0.05) is 38.6 Å². The Labute approximate surface area is 134 Å². The molecule has 126 valence electrons. The first kappa shape index (κ1) is 17.1. The number of nitrogens with zero attached hydrogens (tertiary/aromatic N) is 2. The van der Waals surface area contributed by atoms with E-state index in [1.807, 2.05) is 9.80 Å². The Morgan fingerprint density at radius 1 is 0.955 bits per heavy atom. The topological polar surface area (TPSA) is 52.7 Å². The first-order chi connectivity index (χ1) is 10.3. The van der Waals surface area contributed by atoms with Crippen molar-refractivity contribution in [2.24, 2.45) is 5.41 Å². The third-order valence-corrected chi connectivity index (χ3v) is 4.50. The average molecular weight is 309 g/mol. The minimum absolute atomic E-state index is 0.0168. The van der Waals surface area contributed by atoms with Crippen LogP contribution >= 0.6 is 0 Å². The molecule has 5 heteroatoms. The monoisotopic (exact) mass is 309 g/mol. The number of urea groups is 1. The molecule has 0 aromatic rings. The van der Waals surface area contributed by atoms with Gasteiger partial charge in [-0.3, -0.25) is 4.79 Å². The molecule has 1 N–H and O–H groups in total. The van der Waals surface area contributed by atoms with E-state index < -0.39 is 0 Å². The van der Waals surface area contributed by atoms with Crippen molar-refractivity contribution in [3.8, 4) is 0 Å². The number of carbonyl (C=O) groups is 2. The molecule has 0 bridgehead atoms. The van der Waals surface area contributed by atoms with Gasteiger partial charge in [-0.05, 0) is 24.7 Å². The van der Waals surface area contributed by atoms with Gasteiger partial charge in [0.15, 0.2) is 0 Å². The molecule has 1 aliphatic carbocycles. The zero-order chi connectivity index (χ0) is 16.2. The Kier molecular flexibility index (Phi) is 5.70. The highest BCUT2D eigenvalue weighted by atomic mass is 16.2. The van der Waals surface area contributed by atoms with Gasteiger partial charge in [-0.2, -0.15) is 0 Å². The highest BCUT2D eigenvalue weighted by Gasteiger charge is 2.26. The van der Waals surface area contributed by atoms with Gasteiger partial charge in [0.05, 0.1) is 0 Å². The number of hydrogen-bond acceptors (Lipinski definition) is 2. The van der Waals surface area contributed by atoms with Crippen LogP contribution in [0.15, 0.2) is 0 Å². The maximum absolute atomic E-state index is 12.3. The molecule has 1 saturated carbocycles. The Hall–Kier alpha value is -1.26. The third kappa shape index (κ3) is 5.18. The van der Waals surface area contributed by atoms with E-state index in [-0.39, 0.29) is 17.4 Å². The van der Waals surface area contributed by atoms with Gasteiger partial charge >= 0.3 is 6.03 Å². The fourth-order valence-electron chi connectivity index (χ4n) is 3.27. The molecular weight excluding hydrogens is 278 g/mol. The van der Waals surface area contributed by atoms with Crippen LogP contribution in [0.3, 0.4) is 0 Å². The highest BCUT2D eigenvalue weighted by molar-refractivity contribution is 5.77. The van der Waals surface area contributed by atoms with E-state index in [0.717, 1.165) is 32.4 Å². The van der Waals surface area contributed by atoms with Gasteiger partial charge in [0.2, 0.25) is 5.91 Å². The third-order valence-electron chi connectivity index (χ3n) is 4.50. The van der Waals surface area contributed by atoms with Gasteiger partial charge < -0.3 is 15.1 Å². The van der Waals surface area contributed by atoms with Crippen LogP contribution in [0.5, 0.6) is 0 Å². The standard InChI is InChI=1S/C17H31N3O2/c1-17(2,3)13-15(21)19-9-6-10-20(12-11-19)16(22)18-14-7-4-5-8-14/h14H,4-13H2,1-3H3,(H,18,22). The first-order valence-electron chi connectivity index (χ1n) is 8.68. The van der Waals surface area contributed by atoms with E-state index in [2.05, 4.69) is 26.1 Å². The van der Waals surface area contributed by atoms with Gasteiger partial charge in [-0.15, -0.1) is 0 Å². The summed E-state index contributed by atoms with van der Waals surface area (Å²) in [5, 5.41) is 3.14. The van der Waals surface area contributed by atoms with Gasteiger partial charge in [-0.25, -0.2) is 4.79 Å². The molecule has 1 saturated heterocycles. The molecular formula is C17H31N3O2. The van der Waals surface area contributed by atoms with E-state index >= 15 is 0 Å². The fraction of sp³-hybridized carbons (Fsp3) is 0.882. The number of amides is 3. The number of hydrogen-bond donors (Lipinski definition) is 1. The zero-order valence-corrected chi connectivity index (χ0v) is 14.4. The van der Waals surface area contributed by atoms with Crippen molar-refractivity contribution in [2.45, 2.75) is 65.3 Å². The van der Waals surface area contributed by atoms with E-state index in [9.17, 15) is 9.59 Å². The summed E-state index contributed by atoms with van der Waals surface area (Å²) in [5.41, 5.74) is 0.0168. The molecule has 2 aliphatic rings. The number of rotatable bonds is 2. The largest absolute Gasteiger partial charge is 0.341 e. The molecule has 2 rings (SSSR count). The molecule has 0 aromatic carbocycles. The molecule has 0 atom stereocenters. The second-order valence-corrected chi connectivity index (χ2v) is 7.89.